The van der Waals surface area contributed by atoms with Gasteiger partial charge in [0.2, 0.25) is 5.95 Å². The minimum absolute atomic E-state index is 0.222. The third-order valence-electron chi connectivity index (χ3n) is 4.53. The summed E-state index contributed by atoms with van der Waals surface area (Å²) in [4.78, 5) is 4.28. The highest BCUT2D eigenvalue weighted by Crippen LogP contribution is 2.31. The Morgan fingerprint density at radius 1 is 0.897 bits per heavy atom. The number of benzene rings is 1. The highest BCUT2D eigenvalue weighted by molar-refractivity contribution is 6.64. The predicted molar refractivity (Wildman–Crippen MR) is 126 cm³/mol. The van der Waals surface area contributed by atoms with Gasteiger partial charge in [-0.1, -0.05) is 39.6 Å². The first kappa shape index (κ1) is 23.8. The van der Waals surface area contributed by atoms with E-state index in [2.05, 4.69) is 20.5 Å². The molecule has 0 fully saturated rings. The van der Waals surface area contributed by atoms with Crippen LogP contribution in [0.4, 0.5) is 11.8 Å². The van der Waals surface area contributed by atoms with Gasteiger partial charge in [0, 0.05) is 19.2 Å². The number of nitrogens with one attached hydrogen (secondary N) is 1. The Labute approximate surface area is 183 Å². The highest BCUT2D eigenvalue weighted by Gasteiger charge is 2.20. The maximum atomic E-state index is 6.46. The molecular weight excluding hydrogens is 414 g/mol. The molecule has 0 saturated carbocycles. The number of anilines is 2. The normalized spacial score (nSPS) is 11.0. The first-order valence-corrected chi connectivity index (χ1v) is 9.97. The monoisotopic (exact) mass is 437 g/mol. The topological polar surface area (TPSA) is 104 Å². The van der Waals surface area contributed by atoms with Crippen LogP contribution in [0.25, 0.3) is 11.3 Å². The minimum atomic E-state index is 0.222. The quantitative estimate of drug-likeness (QED) is 0.289. The summed E-state index contributed by atoms with van der Waals surface area (Å²) in [5.74, 6) is 0.536. The van der Waals surface area contributed by atoms with Gasteiger partial charge in [0.25, 0.3) is 0 Å². The van der Waals surface area contributed by atoms with Gasteiger partial charge in [-0.15, -0.1) is 10.2 Å². The fraction of sp³-hybridized carbons (Fsp3) is 0.438. The van der Waals surface area contributed by atoms with E-state index in [0.717, 1.165) is 16.4 Å². The third kappa shape index (κ3) is 6.23. The molecule has 0 bridgehead atoms. The van der Waals surface area contributed by atoms with Crippen molar-refractivity contribution >= 4 is 74.9 Å². The van der Waals surface area contributed by atoms with E-state index >= 15 is 0 Å². The average molecular weight is 438 g/mol. The number of nitrogens with zero attached hydrogens (tertiary/aromatic N) is 3. The van der Waals surface area contributed by atoms with Gasteiger partial charge in [-0.3, -0.25) is 0 Å². The Morgan fingerprint density at radius 3 is 2.21 bits per heavy atom. The largest absolute Gasteiger partial charge is 0.382 e. The lowest BCUT2D eigenvalue weighted by Crippen LogP contribution is -2.41. The van der Waals surface area contributed by atoms with Crippen LogP contribution < -0.4 is 27.4 Å². The van der Waals surface area contributed by atoms with E-state index in [-0.39, 0.29) is 5.82 Å². The molecule has 154 valence electrons. The van der Waals surface area contributed by atoms with Crippen LogP contribution in [0.3, 0.4) is 0 Å². The van der Waals surface area contributed by atoms with Gasteiger partial charge in [0.1, 0.15) is 29.2 Å². The summed E-state index contributed by atoms with van der Waals surface area (Å²) < 4.78 is 15.7. The van der Waals surface area contributed by atoms with E-state index in [9.17, 15) is 0 Å². The Bertz CT molecular complexity index is 819. The molecule has 0 unspecified atom stereocenters. The van der Waals surface area contributed by atoms with E-state index in [1.807, 2.05) is 23.5 Å². The number of aromatic nitrogens is 3. The van der Waals surface area contributed by atoms with Gasteiger partial charge in [0.05, 0.1) is 43.1 Å². The Hall–Kier alpha value is -1.52. The average Bonchev–Trinajstić information content (AvgIpc) is 2.71. The van der Waals surface area contributed by atoms with Crippen LogP contribution in [0, 0.1) is 0 Å². The maximum Gasteiger partial charge on any atom is 0.244 e. The zero-order valence-electron chi connectivity index (χ0n) is 17.1. The molecule has 1 heterocycles. The number of nitrogen functional groups attached to an aromatic ring is 1. The molecule has 29 heavy (non-hydrogen) atoms. The lowest BCUT2D eigenvalue weighted by Gasteiger charge is -2.17. The van der Waals surface area contributed by atoms with E-state index in [0.29, 0.717) is 66.8 Å². The molecule has 3 N–H and O–H groups in total. The van der Waals surface area contributed by atoms with Crippen molar-refractivity contribution in [2.75, 3.05) is 57.7 Å². The standard InChI is InChI=1S/C16H24B3Cl2N5O3/c1-27-4-5-29-7-6-28-3-2-23-16-24-15(22)14(25-26-16)8-9(17)10(18)11(19)13(21)12(8)20/h2-7,17-19H2,1H3,(H3,22,23,24,26). The third-order valence-corrected chi connectivity index (χ3v) is 5.47. The number of hydrogen-bond acceptors (Lipinski definition) is 8. The van der Waals surface area contributed by atoms with Crippen LogP contribution in [0.2, 0.25) is 10.0 Å². The van der Waals surface area contributed by atoms with Crippen LogP contribution in [0.1, 0.15) is 0 Å². The number of methoxy groups -OCH3 is 1. The van der Waals surface area contributed by atoms with Crippen LogP contribution in [0.15, 0.2) is 0 Å². The van der Waals surface area contributed by atoms with Crippen LogP contribution in [-0.4, -0.2) is 85.4 Å². The lowest BCUT2D eigenvalue weighted by atomic mass is 9.70. The molecule has 0 atom stereocenters. The van der Waals surface area contributed by atoms with Gasteiger partial charge < -0.3 is 25.3 Å². The second-order valence-corrected chi connectivity index (χ2v) is 7.15. The summed E-state index contributed by atoms with van der Waals surface area (Å²) in [5.41, 5.74) is 10.1. The zero-order valence-corrected chi connectivity index (χ0v) is 18.7. The van der Waals surface area contributed by atoms with Crippen molar-refractivity contribution in [3.63, 3.8) is 0 Å². The molecule has 0 amide bonds. The Morgan fingerprint density at radius 2 is 1.55 bits per heavy atom. The fourth-order valence-electron chi connectivity index (χ4n) is 2.64. The summed E-state index contributed by atoms with van der Waals surface area (Å²) in [5, 5.41) is 12.2. The predicted octanol–water partition coefficient (Wildman–Crippen LogP) is -2.71. The van der Waals surface area contributed by atoms with Gasteiger partial charge in [-0.25, -0.2) is 0 Å². The van der Waals surface area contributed by atoms with Gasteiger partial charge in [0.15, 0.2) is 5.82 Å². The zero-order chi connectivity index (χ0) is 21.4. The lowest BCUT2D eigenvalue weighted by molar-refractivity contribution is 0.0272. The first-order valence-electron chi connectivity index (χ1n) is 9.22. The van der Waals surface area contributed by atoms with Crippen LogP contribution in [0.5, 0.6) is 0 Å². The van der Waals surface area contributed by atoms with Crippen molar-refractivity contribution in [3.8, 4) is 11.3 Å². The molecule has 0 aliphatic rings. The number of nitrogens with two attached hydrogens (primary N) is 1. The van der Waals surface area contributed by atoms with Crippen molar-refractivity contribution in [2.45, 2.75) is 0 Å². The molecule has 1 aromatic carbocycles. The molecule has 8 nitrogen and oxygen atoms in total. The molecule has 0 aliphatic heterocycles. The van der Waals surface area contributed by atoms with E-state index < -0.39 is 0 Å². The van der Waals surface area contributed by atoms with Crippen molar-refractivity contribution in [2.24, 2.45) is 0 Å². The summed E-state index contributed by atoms with van der Waals surface area (Å²) in [6, 6.07) is 0. The molecule has 0 saturated heterocycles. The van der Waals surface area contributed by atoms with E-state index in [4.69, 9.17) is 43.1 Å². The molecular formula is C16H24B3Cl2N5O3. The first-order chi connectivity index (χ1) is 13.9. The molecule has 0 spiro atoms. The van der Waals surface area contributed by atoms with Crippen LogP contribution >= 0.6 is 23.2 Å². The molecule has 0 radical (unpaired) electrons. The van der Waals surface area contributed by atoms with Gasteiger partial charge >= 0.3 is 0 Å². The van der Waals surface area contributed by atoms with E-state index in [1.54, 1.807) is 7.11 Å². The smallest absolute Gasteiger partial charge is 0.244 e. The number of hydrogen-bond donors (Lipinski definition) is 2. The summed E-state index contributed by atoms with van der Waals surface area (Å²) >= 11 is 12.8. The molecule has 2 rings (SSSR count). The maximum absolute atomic E-state index is 6.46. The Kier molecular flexibility index (Phi) is 9.52. The molecule has 1 aromatic heterocycles. The Balaban J connectivity index is 1.95. The minimum Gasteiger partial charge on any atom is -0.382 e. The van der Waals surface area contributed by atoms with Crippen LogP contribution in [-0.2, 0) is 14.2 Å². The number of halogens is 2. The van der Waals surface area contributed by atoms with Crippen molar-refractivity contribution in [3.05, 3.63) is 10.0 Å². The highest BCUT2D eigenvalue weighted by atomic mass is 35.5. The van der Waals surface area contributed by atoms with Crippen molar-refractivity contribution in [1.82, 2.24) is 15.2 Å². The summed E-state index contributed by atoms with van der Waals surface area (Å²) in [7, 11) is 7.48. The summed E-state index contributed by atoms with van der Waals surface area (Å²) in [6.45, 7) is 3.11. The molecule has 2 aromatic rings. The van der Waals surface area contributed by atoms with Crippen molar-refractivity contribution < 1.29 is 14.2 Å². The number of rotatable bonds is 11. The molecule has 0 aliphatic carbocycles. The van der Waals surface area contributed by atoms with Gasteiger partial charge in [-0.05, 0) is 0 Å². The van der Waals surface area contributed by atoms with E-state index in [1.165, 1.54) is 0 Å². The molecule has 13 heteroatoms. The number of ether oxygens (including phenoxy) is 3. The van der Waals surface area contributed by atoms with Gasteiger partial charge in [-0.2, -0.15) is 4.98 Å². The van der Waals surface area contributed by atoms with Crippen molar-refractivity contribution in [1.29, 1.82) is 0 Å². The second kappa shape index (κ2) is 11.6. The second-order valence-electron chi connectivity index (χ2n) is 6.39. The summed E-state index contributed by atoms with van der Waals surface area (Å²) in [6.07, 6.45) is 0. The fourth-order valence-corrected chi connectivity index (χ4v) is 3.25. The SMILES string of the molecule is Bc1c(B)c(Cl)c(Cl)c(-c2nnc(NCCOCCOCCOC)nc2N)c1B.